The summed E-state index contributed by atoms with van der Waals surface area (Å²) in [7, 11) is -3.75. The van der Waals surface area contributed by atoms with Crippen molar-refractivity contribution in [3.63, 3.8) is 0 Å². The van der Waals surface area contributed by atoms with Crippen molar-refractivity contribution in [2.75, 3.05) is 16.6 Å². The minimum atomic E-state index is -3.75. The highest BCUT2D eigenvalue weighted by molar-refractivity contribution is 7.92. The molecule has 0 fully saturated rings. The monoisotopic (exact) mass is 293 g/mol. The Balaban J connectivity index is 2.30. The zero-order valence-corrected chi connectivity index (χ0v) is 11.8. The van der Waals surface area contributed by atoms with E-state index < -0.39 is 10.0 Å². The van der Waals surface area contributed by atoms with E-state index >= 15 is 0 Å². The number of pyridine rings is 1. The van der Waals surface area contributed by atoms with Gasteiger partial charge in [0, 0.05) is 25.1 Å². The molecule has 0 aromatic carbocycles. The molecule has 0 aliphatic heterocycles. The summed E-state index contributed by atoms with van der Waals surface area (Å²) in [5.41, 5.74) is 0.512. The molecule has 0 spiro atoms. The molecule has 2 aromatic rings. The van der Waals surface area contributed by atoms with Gasteiger partial charge >= 0.3 is 0 Å². The zero-order chi connectivity index (χ0) is 14.4. The molecule has 0 saturated carbocycles. The smallest absolute Gasteiger partial charge is 0.266 e. The van der Waals surface area contributed by atoms with Crippen molar-refractivity contribution in [2.45, 2.75) is 18.2 Å². The number of aromatic nitrogens is 3. The van der Waals surface area contributed by atoms with E-state index in [-0.39, 0.29) is 10.7 Å². The molecule has 0 atom stereocenters. The lowest BCUT2D eigenvalue weighted by atomic mass is 10.4. The molecular weight excluding hydrogens is 278 g/mol. The normalized spacial score (nSPS) is 11.1. The van der Waals surface area contributed by atoms with Gasteiger partial charge in [-0.2, -0.15) is 5.10 Å². The Labute approximate surface area is 117 Å². The topological polar surface area (TPSA) is 96.9 Å². The highest BCUT2D eigenvalue weighted by atomic mass is 32.2. The third-order valence-electron chi connectivity index (χ3n) is 2.45. The first kappa shape index (κ1) is 14.2. The lowest BCUT2D eigenvalue weighted by Crippen LogP contribution is -2.17. The van der Waals surface area contributed by atoms with Gasteiger partial charge in [0.25, 0.3) is 10.0 Å². The summed E-state index contributed by atoms with van der Waals surface area (Å²) in [6, 6.07) is 4.76. The van der Waals surface area contributed by atoms with Crippen LogP contribution in [0.5, 0.6) is 0 Å². The summed E-state index contributed by atoms with van der Waals surface area (Å²) in [6.45, 7) is 2.68. The average Bonchev–Trinajstić information content (AvgIpc) is 2.46. The second kappa shape index (κ2) is 6.29. The van der Waals surface area contributed by atoms with Crippen molar-refractivity contribution in [1.29, 1.82) is 0 Å². The lowest BCUT2D eigenvalue weighted by molar-refractivity contribution is 0.600. The van der Waals surface area contributed by atoms with Gasteiger partial charge in [0.2, 0.25) is 0 Å². The quantitative estimate of drug-likeness (QED) is 0.837. The predicted molar refractivity (Wildman–Crippen MR) is 75.9 cm³/mol. The number of anilines is 2. The van der Waals surface area contributed by atoms with Crippen LogP contribution < -0.4 is 10.0 Å². The second-order valence-corrected chi connectivity index (χ2v) is 5.66. The van der Waals surface area contributed by atoms with E-state index in [0.717, 1.165) is 6.42 Å². The fraction of sp³-hybridized carbons (Fsp3) is 0.250. The number of nitrogens with one attached hydrogen (secondary N) is 2. The van der Waals surface area contributed by atoms with Crippen LogP contribution in [0.4, 0.5) is 11.5 Å². The van der Waals surface area contributed by atoms with Crippen molar-refractivity contribution in [3.05, 3.63) is 36.8 Å². The number of nitrogens with zero attached hydrogens (tertiary/aromatic N) is 3. The molecule has 8 heteroatoms. The Morgan fingerprint density at radius 3 is 2.80 bits per heavy atom. The van der Waals surface area contributed by atoms with E-state index in [1.165, 1.54) is 18.5 Å². The highest BCUT2D eigenvalue weighted by Crippen LogP contribution is 2.21. The third-order valence-corrected chi connectivity index (χ3v) is 3.83. The predicted octanol–water partition coefficient (Wildman–Crippen LogP) is 1.49. The van der Waals surface area contributed by atoms with E-state index in [1.54, 1.807) is 18.3 Å². The Morgan fingerprint density at radius 1 is 1.25 bits per heavy atom. The van der Waals surface area contributed by atoms with Crippen LogP contribution >= 0.6 is 0 Å². The first-order valence-corrected chi connectivity index (χ1v) is 7.60. The highest BCUT2D eigenvalue weighted by Gasteiger charge is 2.19. The molecule has 2 N–H and O–H groups in total. The molecule has 0 unspecified atom stereocenters. The summed E-state index contributed by atoms with van der Waals surface area (Å²) < 4.78 is 27.0. The summed E-state index contributed by atoms with van der Waals surface area (Å²) in [5.74, 6) is 0.165. The van der Waals surface area contributed by atoms with Crippen molar-refractivity contribution in [1.82, 2.24) is 15.2 Å². The molecule has 0 aliphatic carbocycles. The van der Waals surface area contributed by atoms with Gasteiger partial charge in [-0.25, -0.2) is 8.42 Å². The van der Waals surface area contributed by atoms with Gasteiger partial charge in [-0.05, 0) is 24.6 Å². The number of sulfonamides is 1. The molecule has 20 heavy (non-hydrogen) atoms. The minimum absolute atomic E-state index is 0.0825. The number of hydrogen-bond acceptors (Lipinski definition) is 6. The van der Waals surface area contributed by atoms with Gasteiger partial charge in [-0.1, -0.05) is 6.92 Å². The Hall–Kier alpha value is -2.22. The average molecular weight is 293 g/mol. The van der Waals surface area contributed by atoms with Gasteiger partial charge < -0.3 is 5.32 Å². The number of hydrogen-bond donors (Lipinski definition) is 2. The SMILES string of the molecule is CCCNc1ccncc1S(=O)(=O)Nc1cccnn1. The first-order valence-electron chi connectivity index (χ1n) is 6.12. The molecule has 2 heterocycles. The van der Waals surface area contributed by atoms with E-state index in [9.17, 15) is 8.42 Å². The number of rotatable bonds is 6. The summed E-state index contributed by atoms with van der Waals surface area (Å²) in [5, 5.41) is 10.4. The van der Waals surface area contributed by atoms with Gasteiger partial charge in [0.1, 0.15) is 4.90 Å². The third kappa shape index (κ3) is 3.41. The van der Waals surface area contributed by atoms with Crippen LogP contribution in [0.1, 0.15) is 13.3 Å². The van der Waals surface area contributed by atoms with E-state index in [2.05, 4.69) is 25.2 Å². The molecule has 0 radical (unpaired) electrons. The molecule has 2 rings (SSSR count). The van der Waals surface area contributed by atoms with Gasteiger partial charge in [-0.15, -0.1) is 5.10 Å². The van der Waals surface area contributed by atoms with Crippen LogP contribution in [0.15, 0.2) is 41.7 Å². The standard InChI is InChI=1S/C12H15N5O2S/c1-2-6-14-10-5-8-13-9-11(10)20(18,19)17-12-4-3-7-15-16-12/h3-5,7-9H,2,6H2,1H3,(H,13,14)(H,16,17). The van der Waals surface area contributed by atoms with Crippen LogP contribution in [0.2, 0.25) is 0 Å². The van der Waals surface area contributed by atoms with Crippen LogP contribution in [0.3, 0.4) is 0 Å². The largest absolute Gasteiger partial charge is 0.384 e. The van der Waals surface area contributed by atoms with Crippen LogP contribution in [0, 0.1) is 0 Å². The summed E-state index contributed by atoms with van der Waals surface area (Å²) in [4.78, 5) is 3.95. The fourth-order valence-electron chi connectivity index (χ4n) is 1.55. The van der Waals surface area contributed by atoms with Crippen molar-refractivity contribution in [2.24, 2.45) is 0 Å². The minimum Gasteiger partial charge on any atom is -0.384 e. The van der Waals surface area contributed by atoms with E-state index in [1.807, 2.05) is 6.92 Å². The molecule has 2 aromatic heterocycles. The summed E-state index contributed by atoms with van der Waals surface area (Å²) >= 11 is 0. The van der Waals surface area contributed by atoms with Crippen LogP contribution in [-0.2, 0) is 10.0 Å². The first-order chi connectivity index (χ1) is 9.63. The van der Waals surface area contributed by atoms with Gasteiger partial charge in [0.05, 0.1) is 5.69 Å². The molecule has 0 amide bonds. The maximum absolute atomic E-state index is 12.3. The molecule has 7 nitrogen and oxygen atoms in total. The fourth-order valence-corrected chi connectivity index (χ4v) is 2.67. The molecule has 0 bridgehead atoms. The molecule has 0 aliphatic rings. The van der Waals surface area contributed by atoms with Crippen LogP contribution in [0.25, 0.3) is 0 Å². The summed E-state index contributed by atoms with van der Waals surface area (Å²) in [6.07, 6.45) is 5.20. The maximum Gasteiger partial charge on any atom is 0.266 e. The lowest BCUT2D eigenvalue weighted by Gasteiger charge is -2.12. The maximum atomic E-state index is 12.3. The van der Waals surface area contributed by atoms with Crippen molar-refractivity contribution < 1.29 is 8.42 Å². The van der Waals surface area contributed by atoms with Crippen LogP contribution in [-0.4, -0.2) is 30.1 Å². The van der Waals surface area contributed by atoms with E-state index in [0.29, 0.717) is 12.2 Å². The van der Waals surface area contributed by atoms with Gasteiger partial charge in [-0.3, -0.25) is 9.71 Å². The van der Waals surface area contributed by atoms with Crippen molar-refractivity contribution >= 4 is 21.5 Å². The Morgan fingerprint density at radius 2 is 2.10 bits per heavy atom. The molecule has 106 valence electrons. The Kier molecular flexibility index (Phi) is 4.46. The molecular formula is C12H15N5O2S. The van der Waals surface area contributed by atoms with Gasteiger partial charge in [0.15, 0.2) is 5.82 Å². The molecule has 0 saturated heterocycles. The Bertz CT molecular complexity index is 661. The van der Waals surface area contributed by atoms with Crippen molar-refractivity contribution in [3.8, 4) is 0 Å². The van der Waals surface area contributed by atoms with E-state index in [4.69, 9.17) is 0 Å². The zero-order valence-electron chi connectivity index (χ0n) is 10.9. The second-order valence-electron chi connectivity index (χ2n) is 4.01.